The Morgan fingerprint density at radius 3 is 2.71 bits per heavy atom. The van der Waals surface area contributed by atoms with Crippen LogP contribution in [0.5, 0.6) is 0 Å². The first-order valence-corrected chi connectivity index (χ1v) is 4.58. The van der Waals surface area contributed by atoms with E-state index in [2.05, 4.69) is 22.4 Å². The van der Waals surface area contributed by atoms with Gasteiger partial charge in [-0.3, -0.25) is 4.98 Å². The van der Waals surface area contributed by atoms with Crippen LogP contribution in [0.25, 0.3) is 0 Å². The summed E-state index contributed by atoms with van der Waals surface area (Å²) in [6.45, 7) is 2.26. The topological polar surface area (TPSA) is 24.9 Å². The average molecular weight is 235 g/mol. The maximum absolute atomic E-state index is 4.36. The molecule has 0 unspecified atom stereocenters. The third-order valence-electron chi connectivity index (χ3n) is 2.40. The van der Waals surface area contributed by atoms with Gasteiger partial charge in [-0.15, -0.1) is 24.8 Å². The molecule has 1 aromatic rings. The summed E-state index contributed by atoms with van der Waals surface area (Å²) in [5.74, 6) is 0.639. The molecule has 0 aromatic carbocycles. The third kappa shape index (κ3) is 3.45. The van der Waals surface area contributed by atoms with Crippen LogP contribution in [-0.4, -0.2) is 18.1 Å². The van der Waals surface area contributed by atoms with E-state index in [1.165, 1.54) is 25.1 Å². The van der Waals surface area contributed by atoms with Gasteiger partial charge < -0.3 is 5.32 Å². The van der Waals surface area contributed by atoms with Crippen LogP contribution in [0.2, 0.25) is 0 Å². The summed E-state index contributed by atoms with van der Waals surface area (Å²) >= 11 is 0. The average Bonchev–Trinajstić information content (AvgIpc) is 2.21. The summed E-state index contributed by atoms with van der Waals surface area (Å²) in [6, 6.07) is 6.16. The van der Waals surface area contributed by atoms with Crippen LogP contribution in [0.15, 0.2) is 24.4 Å². The normalized spacial score (nSPS) is 20.4. The second-order valence-electron chi connectivity index (χ2n) is 3.30. The second kappa shape index (κ2) is 7.04. The maximum atomic E-state index is 4.36. The standard InChI is InChI=1S/C10H14N2.2ClH/c1-2-7-12-10(5-1)9-4-3-6-11-8-9;;/h1-2,5,7,9,11H,3-4,6,8H2;2*1H/t9-;;/m0../s1. The van der Waals surface area contributed by atoms with E-state index >= 15 is 0 Å². The first kappa shape index (κ1) is 13.7. The number of hydrogen-bond donors (Lipinski definition) is 1. The van der Waals surface area contributed by atoms with E-state index in [1.54, 1.807) is 0 Å². The van der Waals surface area contributed by atoms with Crippen LogP contribution in [0, 0.1) is 0 Å². The van der Waals surface area contributed by atoms with E-state index in [4.69, 9.17) is 0 Å². The smallest absolute Gasteiger partial charge is 0.0447 e. The molecule has 1 saturated heterocycles. The summed E-state index contributed by atoms with van der Waals surface area (Å²) < 4.78 is 0. The van der Waals surface area contributed by atoms with E-state index in [0.29, 0.717) is 5.92 Å². The highest BCUT2D eigenvalue weighted by Gasteiger charge is 2.14. The van der Waals surface area contributed by atoms with Gasteiger partial charge in [0.25, 0.3) is 0 Å². The van der Waals surface area contributed by atoms with Crippen LogP contribution in [-0.2, 0) is 0 Å². The van der Waals surface area contributed by atoms with Crippen molar-refractivity contribution < 1.29 is 0 Å². The van der Waals surface area contributed by atoms with Crippen molar-refractivity contribution in [1.29, 1.82) is 0 Å². The summed E-state index contributed by atoms with van der Waals surface area (Å²) in [5.41, 5.74) is 1.24. The van der Waals surface area contributed by atoms with Gasteiger partial charge >= 0.3 is 0 Å². The van der Waals surface area contributed by atoms with Crippen molar-refractivity contribution in [3.05, 3.63) is 30.1 Å². The van der Waals surface area contributed by atoms with Gasteiger partial charge in [0.2, 0.25) is 0 Å². The lowest BCUT2D eigenvalue weighted by Gasteiger charge is -2.21. The van der Waals surface area contributed by atoms with Crippen LogP contribution < -0.4 is 5.32 Å². The molecular formula is C10H16Cl2N2. The van der Waals surface area contributed by atoms with Crippen LogP contribution in [0.4, 0.5) is 0 Å². The first-order chi connectivity index (χ1) is 5.97. The first-order valence-electron chi connectivity index (χ1n) is 4.58. The van der Waals surface area contributed by atoms with Crippen molar-refractivity contribution in [2.24, 2.45) is 0 Å². The fraction of sp³-hybridized carbons (Fsp3) is 0.500. The van der Waals surface area contributed by atoms with Gasteiger partial charge in [-0.05, 0) is 31.5 Å². The second-order valence-corrected chi connectivity index (χ2v) is 3.30. The molecule has 0 spiro atoms. The van der Waals surface area contributed by atoms with Gasteiger partial charge in [0.1, 0.15) is 0 Å². The van der Waals surface area contributed by atoms with E-state index in [9.17, 15) is 0 Å². The molecule has 1 fully saturated rings. The highest BCUT2D eigenvalue weighted by atomic mass is 35.5. The summed E-state index contributed by atoms with van der Waals surface area (Å²) in [6.07, 6.45) is 4.44. The summed E-state index contributed by atoms with van der Waals surface area (Å²) in [7, 11) is 0. The van der Waals surface area contributed by atoms with Crippen molar-refractivity contribution in [2.75, 3.05) is 13.1 Å². The predicted octanol–water partition coefficient (Wildman–Crippen LogP) is 2.39. The Bertz CT molecular complexity index is 235. The molecule has 4 heteroatoms. The number of hydrogen-bond acceptors (Lipinski definition) is 2. The lowest BCUT2D eigenvalue weighted by Crippen LogP contribution is -2.28. The molecule has 1 aromatic heterocycles. The molecule has 0 amide bonds. The van der Waals surface area contributed by atoms with Gasteiger partial charge in [-0.25, -0.2) is 0 Å². The molecule has 2 rings (SSSR count). The predicted molar refractivity (Wildman–Crippen MR) is 63.6 cm³/mol. The molecule has 1 aliphatic rings. The number of rotatable bonds is 1. The Hall–Kier alpha value is -0.310. The zero-order chi connectivity index (χ0) is 8.23. The van der Waals surface area contributed by atoms with Gasteiger partial charge in [0.15, 0.2) is 0 Å². The molecular weight excluding hydrogens is 219 g/mol. The van der Waals surface area contributed by atoms with Crippen LogP contribution in [0.3, 0.4) is 0 Å². The van der Waals surface area contributed by atoms with Crippen molar-refractivity contribution in [1.82, 2.24) is 10.3 Å². The van der Waals surface area contributed by atoms with Gasteiger partial charge in [0.05, 0.1) is 0 Å². The van der Waals surface area contributed by atoms with Crippen LogP contribution >= 0.6 is 24.8 Å². The van der Waals surface area contributed by atoms with E-state index in [-0.39, 0.29) is 24.8 Å². The Balaban J connectivity index is 0.000000845. The lowest BCUT2D eigenvalue weighted by molar-refractivity contribution is 0.455. The number of piperidine rings is 1. The highest BCUT2D eigenvalue weighted by molar-refractivity contribution is 5.85. The molecule has 14 heavy (non-hydrogen) atoms. The van der Waals surface area contributed by atoms with E-state index in [0.717, 1.165) is 6.54 Å². The van der Waals surface area contributed by atoms with Crippen LogP contribution in [0.1, 0.15) is 24.5 Å². The van der Waals surface area contributed by atoms with Crippen molar-refractivity contribution >= 4 is 24.8 Å². The molecule has 0 radical (unpaired) electrons. The van der Waals surface area contributed by atoms with Gasteiger partial charge in [-0.2, -0.15) is 0 Å². The maximum Gasteiger partial charge on any atom is 0.0447 e. The molecule has 2 heterocycles. The Kier molecular flexibility index (Phi) is 6.89. The Morgan fingerprint density at radius 1 is 1.29 bits per heavy atom. The minimum Gasteiger partial charge on any atom is -0.316 e. The van der Waals surface area contributed by atoms with Gasteiger partial charge in [0, 0.05) is 24.4 Å². The zero-order valence-corrected chi connectivity index (χ0v) is 9.61. The molecule has 0 saturated carbocycles. The minimum absolute atomic E-state index is 0. The molecule has 0 aliphatic carbocycles. The quantitative estimate of drug-likeness (QED) is 0.808. The zero-order valence-electron chi connectivity index (χ0n) is 7.98. The van der Waals surface area contributed by atoms with Gasteiger partial charge in [-0.1, -0.05) is 6.07 Å². The minimum atomic E-state index is 0. The third-order valence-corrected chi connectivity index (χ3v) is 2.40. The number of nitrogens with zero attached hydrogens (tertiary/aromatic N) is 1. The summed E-state index contributed by atoms with van der Waals surface area (Å²) in [5, 5.41) is 3.39. The molecule has 0 bridgehead atoms. The van der Waals surface area contributed by atoms with E-state index < -0.39 is 0 Å². The largest absolute Gasteiger partial charge is 0.316 e. The lowest BCUT2D eigenvalue weighted by atomic mass is 9.96. The molecule has 2 nitrogen and oxygen atoms in total. The van der Waals surface area contributed by atoms with Crippen molar-refractivity contribution in [2.45, 2.75) is 18.8 Å². The van der Waals surface area contributed by atoms with Crippen molar-refractivity contribution in [3.63, 3.8) is 0 Å². The Morgan fingerprint density at radius 2 is 2.14 bits per heavy atom. The Labute approximate surface area is 97.3 Å². The number of nitrogens with one attached hydrogen (secondary N) is 1. The van der Waals surface area contributed by atoms with E-state index in [1.807, 2.05) is 12.3 Å². The van der Waals surface area contributed by atoms with Crippen molar-refractivity contribution in [3.8, 4) is 0 Å². The number of pyridine rings is 1. The fourth-order valence-electron chi connectivity index (χ4n) is 1.72. The molecule has 1 aliphatic heterocycles. The molecule has 1 atom stereocenters. The number of halogens is 2. The SMILES string of the molecule is Cl.Cl.c1ccc([C@H]2CCCNC2)nc1. The molecule has 1 N–H and O–H groups in total. The highest BCUT2D eigenvalue weighted by Crippen LogP contribution is 2.20. The molecule has 80 valence electrons. The fourth-order valence-corrected chi connectivity index (χ4v) is 1.72. The number of aromatic nitrogens is 1. The monoisotopic (exact) mass is 234 g/mol. The summed E-state index contributed by atoms with van der Waals surface area (Å²) in [4.78, 5) is 4.36.